The van der Waals surface area contributed by atoms with Crippen molar-refractivity contribution >= 4 is 8.32 Å². The van der Waals surface area contributed by atoms with Crippen molar-refractivity contribution in [2.45, 2.75) is 71.2 Å². The number of rotatable bonds is 9. The summed E-state index contributed by atoms with van der Waals surface area (Å²) in [6.45, 7) is 17.6. The van der Waals surface area contributed by atoms with Gasteiger partial charge in [0.2, 0.25) is 0 Å². The molecule has 122 valence electrons. The summed E-state index contributed by atoms with van der Waals surface area (Å²) >= 11 is 0. The van der Waals surface area contributed by atoms with Gasteiger partial charge in [-0.3, -0.25) is 0 Å². The molecule has 0 bridgehead atoms. The molecule has 3 heteroatoms. The molecule has 0 amide bonds. The van der Waals surface area contributed by atoms with Gasteiger partial charge in [-0.25, -0.2) is 0 Å². The zero-order valence-corrected chi connectivity index (χ0v) is 15.8. The summed E-state index contributed by atoms with van der Waals surface area (Å²) in [7, 11) is -1.85. The first-order chi connectivity index (χ1) is 9.60. The summed E-state index contributed by atoms with van der Waals surface area (Å²) in [4.78, 5) is 0. The van der Waals surface area contributed by atoms with Gasteiger partial charge < -0.3 is 9.53 Å². The molecule has 3 atom stereocenters. The van der Waals surface area contributed by atoms with Crippen LogP contribution >= 0.6 is 0 Å². The fourth-order valence-electron chi connectivity index (χ4n) is 2.26. The number of hydrogen-bond acceptors (Lipinski definition) is 2. The Hall–Kier alpha value is -0.563. The molecule has 0 rings (SSSR count). The van der Waals surface area contributed by atoms with E-state index in [2.05, 4.69) is 53.3 Å². The lowest BCUT2D eigenvalue weighted by molar-refractivity contribution is 0.112. The van der Waals surface area contributed by atoms with E-state index in [-0.39, 0.29) is 17.7 Å². The number of aliphatic hydroxyl groups excluding tert-OH is 1. The average molecular weight is 311 g/mol. The second kappa shape index (κ2) is 8.78. The number of hydrogen-bond donors (Lipinski definition) is 1. The molecule has 0 aromatic rings. The lowest BCUT2D eigenvalue weighted by Gasteiger charge is -2.41. The Balaban J connectivity index is 5.14. The zero-order chi connectivity index (χ0) is 16.7. The normalized spacial score (nSPS) is 16.9. The van der Waals surface area contributed by atoms with Gasteiger partial charge in [-0.1, -0.05) is 33.8 Å². The van der Waals surface area contributed by atoms with Gasteiger partial charge in [0.1, 0.15) is 0 Å². The molecule has 0 aromatic heterocycles. The highest BCUT2D eigenvalue weighted by atomic mass is 28.4. The summed E-state index contributed by atoms with van der Waals surface area (Å²) in [5, 5.41) is 9.32. The van der Waals surface area contributed by atoms with Gasteiger partial charge in [-0.05, 0) is 42.8 Å². The SMILES string of the molecule is C#CC[C@@H](C)[C@H](CCCO)C(C=C)O[Si](C)(C)C(C)(C)C. The molecule has 0 aliphatic carbocycles. The topological polar surface area (TPSA) is 29.5 Å². The highest BCUT2D eigenvalue weighted by Gasteiger charge is 2.40. The third-order valence-electron chi connectivity index (χ3n) is 4.76. The first-order valence-electron chi connectivity index (χ1n) is 7.95. The molecule has 1 unspecified atom stereocenters. The fraction of sp³-hybridized carbons (Fsp3) is 0.778. The zero-order valence-electron chi connectivity index (χ0n) is 14.8. The maximum atomic E-state index is 9.14. The van der Waals surface area contributed by atoms with E-state index < -0.39 is 8.32 Å². The summed E-state index contributed by atoms with van der Waals surface area (Å²) < 4.78 is 6.55. The molecule has 21 heavy (non-hydrogen) atoms. The van der Waals surface area contributed by atoms with Crippen LogP contribution in [0.1, 0.15) is 47.0 Å². The predicted octanol–water partition coefficient (Wildman–Crippen LogP) is 4.61. The van der Waals surface area contributed by atoms with E-state index >= 15 is 0 Å². The predicted molar refractivity (Wildman–Crippen MR) is 94.7 cm³/mol. The van der Waals surface area contributed by atoms with Gasteiger partial charge in [0.25, 0.3) is 0 Å². The Bertz CT molecular complexity index is 349. The smallest absolute Gasteiger partial charge is 0.192 e. The second-order valence-electron chi connectivity index (χ2n) is 7.49. The van der Waals surface area contributed by atoms with E-state index in [1.807, 2.05) is 6.08 Å². The minimum Gasteiger partial charge on any atom is -0.410 e. The largest absolute Gasteiger partial charge is 0.410 e. The molecule has 0 aliphatic heterocycles. The quantitative estimate of drug-likeness (QED) is 0.383. The summed E-state index contributed by atoms with van der Waals surface area (Å²) in [6.07, 6.45) is 9.86. The maximum Gasteiger partial charge on any atom is 0.192 e. The first kappa shape index (κ1) is 20.4. The van der Waals surface area contributed by atoms with E-state index in [0.717, 1.165) is 19.3 Å². The van der Waals surface area contributed by atoms with Crippen molar-refractivity contribution in [2.24, 2.45) is 11.8 Å². The van der Waals surface area contributed by atoms with E-state index in [9.17, 15) is 0 Å². The van der Waals surface area contributed by atoms with Crippen molar-refractivity contribution in [1.82, 2.24) is 0 Å². The minimum absolute atomic E-state index is 0.0146. The third-order valence-corrected chi connectivity index (χ3v) is 9.23. The molecule has 1 N–H and O–H groups in total. The van der Waals surface area contributed by atoms with Crippen LogP contribution in [0.3, 0.4) is 0 Å². The van der Waals surface area contributed by atoms with Crippen LogP contribution in [0.15, 0.2) is 12.7 Å². The fourth-order valence-corrected chi connectivity index (χ4v) is 3.57. The summed E-state index contributed by atoms with van der Waals surface area (Å²) in [5.74, 6) is 3.44. The molecule has 0 saturated heterocycles. The van der Waals surface area contributed by atoms with Crippen LogP contribution in [0.4, 0.5) is 0 Å². The summed E-state index contributed by atoms with van der Waals surface area (Å²) in [5.41, 5.74) is 0. The van der Waals surface area contributed by atoms with Crippen molar-refractivity contribution in [3.63, 3.8) is 0 Å². The van der Waals surface area contributed by atoms with Crippen LogP contribution in [0.25, 0.3) is 0 Å². The molecule has 0 fully saturated rings. The second-order valence-corrected chi connectivity index (χ2v) is 12.3. The summed E-state index contributed by atoms with van der Waals surface area (Å²) in [6, 6.07) is 0. The molecule has 2 nitrogen and oxygen atoms in total. The molecule has 0 aliphatic rings. The molecule has 0 spiro atoms. The third kappa shape index (κ3) is 6.38. The van der Waals surface area contributed by atoms with Crippen LogP contribution in [0, 0.1) is 24.2 Å². The molecule has 0 radical (unpaired) electrons. The highest BCUT2D eigenvalue weighted by Crippen LogP contribution is 2.39. The van der Waals surface area contributed by atoms with Crippen LogP contribution in [0.5, 0.6) is 0 Å². The van der Waals surface area contributed by atoms with Gasteiger partial charge in [0, 0.05) is 13.0 Å². The van der Waals surface area contributed by atoms with Gasteiger partial charge in [-0.15, -0.1) is 18.9 Å². The standard InChI is InChI=1S/C18H34O2Si/c1-9-12-15(3)16(13-11-14-19)17(10-2)20-21(7,8)18(4,5)6/h1,10,15-17,19H,2,11-14H2,3-8H3/t15-,16+,17?/m1/s1. The Labute approximate surface area is 133 Å². The Morgan fingerprint density at radius 2 is 1.95 bits per heavy atom. The van der Waals surface area contributed by atoms with E-state index in [4.69, 9.17) is 16.0 Å². The van der Waals surface area contributed by atoms with Crippen molar-refractivity contribution in [3.05, 3.63) is 12.7 Å². The van der Waals surface area contributed by atoms with Crippen molar-refractivity contribution < 1.29 is 9.53 Å². The molecule has 0 heterocycles. The lowest BCUT2D eigenvalue weighted by atomic mass is 9.83. The van der Waals surface area contributed by atoms with Crippen molar-refractivity contribution in [1.29, 1.82) is 0 Å². The Morgan fingerprint density at radius 1 is 1.38 bits per heavy atom. The molecular weight excluding hydrogens is 276 g/mol. The number of aliphatic hydroxyl groups is 1. The van der Waals surface area contributed by atoms with Gasteiger partial charge in [0.05, 0.1) is 6.10 Å². The average Bonchev–Trinajstić information content (AvgIpc) is 2.36. The monoisotopic (exact) mass is 310 g/mol. The molecule has 0 aromatic carbocycles. The van der Waals surface area contributed by atoms with Crippen LogP contribution in [-0.2, 0) is 4.43 Å². The van der Waals surface area contributed by atoms with Crippen molar-refractivity contribution in [3.8, 4) is 12.3 Å². The Kier molecular flexibility index (Phi) is 8.54. The number of terminal acetylenes is 1. The van der Waals surface area contributed by atoms with Crippen LogP contribution in [0.2, 0.25) is 18.1 Å². The van der Waals surface area contributed by atoms with Gasteiger partial charge in [0.15, 0.2) is 8.32 Å². The van der Waals surface area contributed by atoms with E-state index in [0.29, 0.717) is 11.8 Å². The first-order valence-corrected chi connectivity index (χ1v) is 10.9. The van der Waals surface area contributed by atoms with Gasteiger partial charge >= 0.3 is 0 Å². The van der Waals surface area contributed by atoms with Gasteiger partial charge in [-0.2, -0.15) is 0 Å². The Morgan fingerprint density at radius 3 is 2.33 bits per heavy atom. The maximum absolute atomic E-state index is 9.14. The molecule has 0 saturated carbocycles. The van der Waals surface area contributed by atoms with Crippen molar-refractivity contribution in [2.75, 3.05) is 6.61 Å². The minimum atomic E-state index is -1.85. The van der Waals surface area contributed by atoms with E-state index in [1.165, 1.54) is 0 Å². The van der Waals surface area contributed by atoms with E-state index in [1.54, 1.807) is 0 Å². The lowest BCUT2D eigenvalue weighted by Crippen LogP contribution is -2.46. The van der Waals surface area contributed by atoms with Crippen LogP contribution in [-0.4, -0.2) is 26.1 Å². The molecular formula is C18H34O2Si. The highest BCUT2D eigenvalue weighted by molar-refractivity contribution is 6.74. The van der Waals surface area contributed by atoms with Crippen LogP contribution < -0.4 is 0 Å².